The Bertz CT molecular complexity index is 195. The summed E-state index contributed by atoms with van der Waals surface area (Å²) in [5.74, 6) is -0.145. The molecule has 0 atom stereocenters. The topological polar surface area (TPSA) is 46.6 Å². The van der Waals surface area contributed by atoms with Gasteiger partial charge in [-0.15, -0.1) is 0 Å². The summed E-state index contributed by atoms with van der Waals surface area (Å²) in [5.41, 5.74) is 0. The molecule has 0 unspecified atom stereocenters. The monoisotopic (exact) mass is 185 g/mol. The summed E-state index contributed by atoms with van der Waals surface area (Å²) in [6.45, 7) is 4.07. The number of carbonyl (C=O) groups excluding carboxylic acids is 2. The zero-order valence-electron chi connectivity index (χ0n) is 7.91. The van der Waals surface area contributed by atoms with Crippen molar-refractivity contribution in [3.8, 4) is 0 Å². The highest BCUT2D eigenvalue weighted by atomic mass is 16.5. The molecule has 0 aromatic carbocycles. The van der Waals surface area contributed by atoms with Crippen LogP contribution in [0, 0.1) is 0 Å². The van der Waals surface area contributed by atoms with Crippen molar-refractivity contribution in [2.75, 3.05) is 26.3 Å². The van der Waals surface area contributed by atoms with Crippen LogP contribution in [0.25, 0.3) is 0 Å². The van der Waals surface area contributed by atoms with E-state index >= 15 is 0 Å². The molecule has 1 aliphatic rings. The Morgan fingerprint density at radius 1 is 1.31 bits per heavy atom. The van der Waals surface area contributed by atoms with Gasteiger partial charge in [0.2, 0.25) is 5.91 Å². The molecule has 1 aliphatic heterocycles. The zero-order valence-corrected chi connectivity index (χ0v) is 7.91. The Kier molecular flexibility index (Phi) is 3.89. The molecule has 1 fully saturated rings. The Hall–Kier alpha value is -0.900. The van der Waals surface area contributed by atoms with E-state index in [4.69, 9.17) is 4.74 Å². The van der Waals surface area contributed by atoms with Crippen LogP contribution in [-0.4, -0.2) is 42.9 Å². The number of hydrogen-bond acceptors (Lipinski definition) is 3. The van der Waals surface area contributed by atoms with E-state index in [2.05, 4.69) is 0 Å². The summed E-state index contributed by atoms with van der Waals surface area (Å²) in [6.07, 6.45) is 0.893. The van der Waals surface area contributed by atoms with Gasteiger partial charge in [-0.1, -0.05) is 0 Å². The van der Waals surface area contributed by atoms with Gasteiger partial charge in [-0.25, -0.2) is 0 Å². The molecule has 0 bridgehead atoms. The highest BCUT2D eigenvalue weighted by molar-refractivity contribution is 5.96. The van der Waals surface area contributed by atoms with E-state index in [1.54, 1.807) is 4.90 Å². The number of rotatable bonds is 2. The van der Waals surface area contributed by atoms with Crippen LogP contribution < -0.4 is 0 Å². The van der Waals surface area contributed by atoms with Crippen molar-refractivity contribution in [1.29, 1.82) is 0 Å². The molecule has 0 radical (unpaired) electrons. The lowest BCUT2D eigenvalue weighted by atomic mass is 10.2. The van der Waals surface area contributed by atoms with Crippen LogP contribution >= 0.6 is 0 Å². The molecular weight excluding hydrogens is 170 g/mol. The predicted octanol–water partition coefficient (Wildman–Crippen LogP) is 0.214. The number of Topliss-reactive ketones (excluding diaryl/α,β-unsaturated/α-hetero) is 1. The molecule has 0 saturated carbocycles. The van der Waals surface area contributed by atoms with Crippen molar-refractivity contribution in [2.24, 2.45) is 0 Å². The summed E-state index contributed by atoms with van der Waals surface area (Å²) >= 11 is 0. The van der Waals surface area contributed by atoms with Crippen molar-refractivity contribution < 1.29 is 14.3 Å². The second-order valence-corrected chi connectivity index (χ2v) is 3.23. The van der Waals surface area contributed by atoms with Crippen LogP contribution in [0.15, 0.2) is 0 Å². The van der Waals surface area contributed by atoms with Gasteiger partial charge in [0.25, 0.3) is 0 Å². The number of nitrogens with zero attached hydrogens (tertiary/aromatic N) is 1. The molecule has 1 amide bonds. The summed E-state index contributed by atoms with van der Waals surface area (Å²) in [5, 5.41) is 0. The Morgan fingerprint density at radius 2 is 2.08 bits per heavy atom. The van der Waals surface area contributed by atoms with Gasteiger partial charge < -0.3 is 9.64 Å². The number of carbonyl (C=O) groups is 2. The minimum atomic E-state index is -0.0739. The average molecular weight is 185 g/mol. The third-order valence-electron chi connectivity index (χ3n) is 1.98. The maximum Gasteiger partial charge on any atom is 0.230 e. The average Bonchev–Trinajstić information content (AvgIpc) is 2.29. The van der Waals surface area contributed by atoms with Gasteiger partial charge in [-0.2, -0.15) is 0 Å². The number of ether oxygens (including phenoxy) is 1. The number of amides is 1. The molecule has 0 aliphatic carbocycles. The van der Waals surface area contributed by atoms with Crippen molar-refractivity contribution in [1.82, 2.24) is 4.90 Å². The standard InChI is InChI=1S/C9H15NO3/c1-8(11)7-9(12)10-3-2-5-13-6-4-10/h2-7H2,1H3. The number of hydrogen-bond donors (Lipinski definition) is 0. The van der Waals surface area contributed by atoms with Crippen molar-refractivity contribution >= 4 is 11.7 Å². The van der Waals surface area contributed by atoms with Gasteiger partial charge in [0.05, 0.1) is 13.0 Å². The van der Waals surface area contributed by atoms with Crippen LogP contribution in [0.2, 0.25) is 0 Å². The fourth-order valence-electron chi connectivity index (χ4n) is 1.32. The molecule has 4 heteroatoms. The van der Waals surface area contributed by atoms with Gasteiger partial charge >= 0.3 is 0 Å². The smallest absolute Gasteiger partial charge is 0.230 e. The SMILES string of the molecule is CC(=O)CC(=O)N1CCCOCC1. The maximum atomic E-state index is 11.4. The van der Waals surface area contributed by atoms with E-state index in [0.717, 1.165) is 6.42 Å². The number of ketones is 1. The second kappa shape index (κ2) is 4.97. The normalized spacial score (nSPS) is 18.1. The van der Waals surface area contributed by atoms with Crippen molar-refractivity contribution in [3.05, 3.63) is 0 Å². The molecule has 0 aromatic rings. The van der Waals surface area contributed by atoms with Gasteiger partial charge in [0.15, 0.2) is 0 Å². The summed E-state index contributed by atoms with van der Waals surface area (Å²) in [7, 11) is 0. The zero-order chi connectivity index (χ0) is 9.68. The van der Waals surface area contributed by atoms with Crippen LogP contribution in [0.4, 0.5) is 0 Å². The first-order valence-corrected chi connectivity index (χ1v) is 4.55. The van der Waals surface area contributed by atoms with Crippen LogP contribution in [0.3, 0.4) is 0 Å². The Morgan fingerprint density at radius 3 is 2.77 bits per heavy atom. The minimum Gasteiger partial charge on any atom is -0.380 e. The molecular formula is C9H15NO3. The second-order valence-electron chi connectivity index (χ2n) is 3.23. The Balaban J connectivity index is 2.39. The highest BCUT2D eigenvalue weighted by Crippen LogP contribution is 2.01. The fraction of sp³-hybridized carbons (Fsp3) is 0.778. The van der Waals surface area contributed by atoms with Crippen LogP contribution in [-0.2, 0) is 14.3 Å². The molecule has 0 aromatic heterocycles. The molecule has 0 spiro atoms. The molecule has 1 saturated heterocycles. The highest BCUT2D eigenvalue weighted by Gasteiger charge is 2.16. The van der Waals surface area contributed by atoms with Gasteiger partial charge in [0, 0.05) is 19.7 Å². The molecule has 1 rings (SSSR count). The fourth-order valence-corrected chi connectivity index (χ4v) is 1.32. The lowest BCUT2D eigenvalue weighted by molar-refractivity contribution is -0.134. The lowest BCUT2D eigenvalue weighted by Crippen LogP contribution is -2.34. The van der Waals surface area contributed by atoms with Gasteiger partial charge in [-0.3, -0.25) is 9.59 Å². The third-order valence-corrected chi connectivity index (χ3v) is 1.98. The first-order valence-electron chi connectivity index (χ1n) is 4.55. The van der Waals surface area contributed by atoms with E-state index in [1.807, 2.05) is 0 Å². The summed E-state index contributed by atoms with van der Waals surface area (Å²) in [6, 6.07) is 0. The molecule has 4 nitrogen and oxygen atoms in total. The summed E-state index contributed by atoms with van der Waals surface area (Å²) in [4.78, 5) is 23.8. The van der Waals surface area contributed by atoms with Gasteiger partial charge in [-0.05, 0) is 13.3 Å². The molecule has 74 valence electrons. The quantitative estimate of drug-likeness (QED) is 0.578. The van der Waals surface area contributed by atoms with Crippen LogP contribution in [0.1, 0.15) is 19.8 Å². The largest absolute Gasteiger partial charge is 0.380 e. The van der Waals surface area contributed by atoms with Crippen molar-refractivity contribution in [3.63, 3.8) is 0 Å². The maximum absolute atomic E-state index is 11.4. The first kappa shape index (κ1) is 10.2. The van der Waals surface area contributed by atoms with E-state index in [-0.39, 0.29) is 18.1 Å². The van der Waals surface area contributed by atoms with E-state index < -0.39 is 0 Å². The lowest BCUT2D eigenvalue weighted by Gasteiger charge is -2.18. The predicted molar refractivity (Wildman–Crippen MR) is 47.3 cm³/mol. The third kappa shape index (κ3) is 3.55. The van der Waals surface area contributed by atoms with E-state index in [1.165, 1.54) is 6.92 Å². The molecule has 1 heterocycles. The van der Waals surface area contributed by atoms with E-state index in [9.17, 15) is 9.59 Å². The van der Waals surface area contributed by atoms with E-state index in [0.29, 0.717) is 26.3 Å². The van der Waals surface area contributed by atoms with Crippen LogP contribution in [0.5, 0.6) is 0 Å². The molecule has 0 N–H and O–H groups in total. The Labute approximate surface area is 77.8 Å². The van der Waals surface area contributed by atoms with Gasteiger partial charge in [0.1, 0.15) is 5.78 Å². The first-order chi connectivity index (χ1) is 6.20. The summed E-state index contributed by atoms with van der Waals surface area (Å²) < 4.78 is 5.20. The molecule has 13 heavy (non-hydrogen) atoms. The minimum absolute atomic E-state index is 0.0278. The van der Waals surface area contributed by atoms with Crippen molar-refractivity contribution in [2.45, 2.75) is 19.8 Å².